The Morgan fingerprint density at radius 3 is 2.40 bits per heavy atom. The van der Waals surface area contributed by atoms with Gasteiger partial charge in [0.05, 0.1) is 11.4 Å². The van der Waals surface area contributed by atoms with Crippen molar-refractivity contribution in [3.8, 4) is 0 Å². The third kappa shape index (κ3) is 3.57. The lowest BCUT2D eigenvalue weighted by molar-refractivity contribution is -0.119. The van der Waals surface area contributed by atoms with Gasteiger partial charge < -0.3 is 4.90 Å². The van der Waals surface area contributed by atoms with Gasteiger partial charge in [-0.2, -0.15) is 0 Å². The number of benzene rings is 1. The van der Waals surface area contributed by atoms with Gasteiger partial charge in [-0.3, -0.25) is 14.6 Å². The molecule has 1 saturated heterocycles. The van der Waals surface area contributed by atoms with Gasteiger partial charge in [0.15, 0.2) is 5.78 Å². The second-order valence-corrected chi connectivity index (χ2v) is 8.52. The van der Waals surface area contributed by atoms with Crippen molar-refractivity contribution in [1.82, 2.24) is 4.98 Å². The number of fused-ring (bicyclic) bond motifs is 1. The summed E-state index contributed by atoms with van der Waals surface area (Å²) in [7, 11) is 0. The maximum absolute atomic E-state index is 12.8. The average Bonchev–Trinajstić information content (AvgIpc) is 2.72. The molecule has 1 aromatic carbocycles. The zero-order valence-electron chi connectivity index (χ0n) is 18.2. The lowest BCUT2D eigenvalue weighted by Gasteiger charge is -2.36. The highest BCUT2D eigenvalue weighted by molar-refractivity contribution is 6.09. The highest BCUT2D eigenvalue weighted by Crippen LogP contribution is 2.44. The summed E-state index contributed by atoms with van der Waals surface area (Å²) in [5.41, 5.74) is 4.02. The Labute approximate surface area is 177 Å². The van der Waals surface area contributed by atoms with Crippen LogP contribution < -0.4 is 4.90 Å². The summed E-state index contributed by atoms with van der Waals surface area (Å²) in [6, 6.07) is 10.2. The van der Waals surface area contributed by atoms with E-state index in [-0.39, 0.29) is 17.5 Å². The van der Waals surface area contributed by atoms with Crippen molar-refractivity contribution < 1.29 is 9.59 Å². The van der Waals surface area contributed by atoms with Gasteiger partial charge >= 0.3 is 0 Å². The minimum Gasteiger partial charge on any atom is -0.356 e. The molecule has 4 rings (SSSR count). The molecule has 0 saturated carbocycles. The average molecular weight is 404 g/mol. The quantitative estimate of drug-likeness (QED) is 0.732. The SMILES string of the molecule is CC(=O)C1=C(C)N=C(C)C(C(C)=O)[C@@H]1c1cc2ccccc2nc1N1CCCCC1. The van der Waals surface area contributed by atoms with Crippen molar-refractivity contribution in [3.63, 3.8) is 0 Å². The third-order valence-corrected chi connectivity index (χ3v) is 6.37. The fourth-order valence-electron chi connectivity index (χ4n) is 5.07. The van der Waals surface area contributed by atoms with E-state index in [0.717, 1.165) is 53.9 Å². The molecule has 2 aromatic rings. The van der Waals surface area contributed by atoms with E-state index in [0.29, 0.717) is 11.3 Å². The second-order valence-electron chi connectivity index (χ2n) is 8.52. The number of allylic oxidation sites excluding steroid dienone is 2. The summed E-state index contributed by atoms with van der Waals surface area (Å²) in [4.78, 5) is 37.5. The van der Waals surface area contributed by atoms with Crippen molar-refractivity contribution in [2.45, 2.75) is 52.9 Å². The first-order chi connectivity index (χ1) is 14.4. The molecule has 0 N–H and O–H groups in total. The Balaban J connectivity index is 2.00. The number of rotatable bonds is 4. The Hall–Kier alpha value is -2.82. The number of piperidine rings is 1. The largest absolute Gasteiger partial charge is 0.356 e. The van der Waals surface area contributed by atoms with Gasteiger partial charge in [0, 0.05) is 46.9 Å². The number of ketones is 2. The number of carbonyl (C=O) groups is 2. The van der Waals surface area contributed by atoms with E-state index in [9.17, 15) is 9.59 Å². The Morgan fingerprint density at radius 1 is 1.03 bits per heavy atom. The Morgan fingerprint density at radius 2 is 1.73 bits per heavy atom. The van der Waals surface area contributed by atoms with E-state index in [2.05, 4.69) is 16.0 Å². The van der Waals surface area contributed by atoms with Gasteiger partial charge in [0.1, 0.15) is 11.6 Å². The maximum Gasteiger partial charge on any atom is 0.158 e. The van der Waals surface area contributed by atoms with Crippen molar-refractivity contribution in [3.05, 3.63) is 47.2 Å². The number of para-hydroxylation sites is 1. The lowest BCUT2D eigenvalue weighted by atomic mass is 9.72. The van der Waals surface area contributed by atoms with Crippen molar-refractivity contribution in [2.24, 2.45) is 10.9 Å². The summed E-state index contributed by atoms with van der Waals surface area (Å²) >= 11 is 0. The Bertz CT molecular complexity index is 1080. The minimum atomic E-state index is -0.445. The standard InChI is InChI=1S/C25H29N3O2/c1-15-22(17(3)29)24(23(18(4)30)16(2)26-15)20-14-19-10-6-7-11-21(19)27-25(20)28-12-8-5-9-13-28/h6-7,10-11,14,22,24H,5,8-9,12-13H2,1-4H3/t22?,24-/m0/s1. The Kier molecular flexibility index (Phi) is 5.54. The van der Waals surface area contributed by atoms with E-state index >= 15 is 0 Å². The molecule has 5 heteroatoms. The van der Waals surface area contributed by atoms with E-state index in [1.165, 1.54) is 6.42 Å². The molecule has 30 heavy (non-hydrogen) atoms. The van der Waals surface area contributed by atoms with Crippen molar-refractivity contribution in [1.29, 1.82) is 0 Å². The predicted molar refractivity (Wildman–Crippen MR) is 121 cm³/mol. The normalized spacial score (nSPS) is 22.3. The molecule has 5 nitrogen and oxygen atoms in total. The number of anilines is 1. The van der Waals surface area contributed by atoms with Crippen LogP contribution in [0.3, 0.4) is 0 Å². The highest BCUT2D eigenvalue weighted by Gasteiger charge is 2.40. The number of pyridine rings is 1. The number of aromatic nitrogens is 1. The van der Waals surface area contributed by atoms with Gasteiger partial charge in [-0.05, 0) is 59.1 Å². The molecule has 0 radical (unpaired) electrons. The van der Waals surface area contributed by atoms with Crippen LogP contribution in [0.15, 0.2) is 46.6 Å². The smallest absolute Gasteiger partial charge is 0.158 e. The first-order valence-corrected chi connectivity index (χ1v) is 10.8. The fraction of sp³-hybridized carbons (Fsp3) is 0.440. The molecule has 1 fully saturated rings. The second kappa shape index (κ2) is 8.13. The maximum atomic E-state index is 12.8. The van der Waals surface area contributed by atoms with E-state index in [1.54, 1.807) is 13.8 Å². The summed E-state index contributed by atoms with van der Waals surface area (Å²) in [5, 5.41) is 1.02. The number of carbonyl (C=O) groups excluding carboxylic acids is 2. The molecule has 1 unspecified atom stereocenters. The minimum absolute atomic E-state index is 0.0299. The number of nitrogens with zero attached hydrogens (tertiary/aromatic N) is 3. The van der Waals surface area contributed by atoms with E-state index in [4.69, 9.17) is 4.98 Å². The summed E-state index contributed by atoms with van der Waals surface area (Å²) in [6.07, 6.45) is 3.48. The van der Waals surface area contributed by atoms with Crippen LogP contribution in [-0.2, 0) is 9.59 Å². The molecule has 0 aliphatic carbocycles. The van der Waals surface area contributed by atoms with Crippen LogP contribution in [-0.4, -0.2) is 35.4 Å². The van der Waals surface area contributed by atoms with Gasteiger partial charge in [0.25, 0.3) is 0 Å². The third-order valence-electron chi connectivity index (χ3n) is 6.37. The van der Waals surface area contributed by atoms with Crippen molar-refractivity contribution in [2.75, 3.05) is 18.0 Å². The van der Waals surface area contributed by atoms with Crippen LogP contribution in [0.5, 0.6) is 0 Å². The first-order valence-electron chi connectivity index (χ1n) is 10.8. The molecule has 0 amide bonds. The lowest BCUT2D eigenvalue weighted by Crippen LogP contribution is -2.36. The first kappa shape index (κ1) is 20.5. The molecule has 0 bridgehead atoms. The monoisotopic (exact) mass is 403 g/mol. The fourth-order valence-corrected chi connectivity index (χ4v) is 5.07. The van der Waals surface area contributed by atoms with Crippen LogP contribution in [0.4, 0.5) is 5.82 Å². The predicted octanol–water partition coefficient (Wildman–Crippen LogP) is 4.85. The number of hydrogen-bond acceptors (Lipinski definition) is 5. The zero-order chi connectivity index (χ0) is 21.4. The van der Waals surface area contributed by atoms with Crippen LogP contribution in [0, 0.1) is 5.92 Å². The molecule has 2 aliphatic heterocycles. The molecule has 3 heterocycles. The molecule has 156 valence electrons. The molecular formula is C25H29N3O2. The van der Waals surface area contributed by atoms with E-state index in [1.807, 2.05) is 38.1 Å². The summed E-state index contributed by atoms with van der Waals surface area (Å²) in [5.74, 6) is 0.111. The molecular weight excluding hydrogens is 374 g/mol. The zero-order valence-corrected chi connectivity index (χ0v) is 18.2. The van der Waals surface area contributed by atoms with Gasteiger partial charge in [-0.15, -0.1) is 0 Å². The van der Waals surface area contributed by atoms with Gasteiger partial charge in [-0.25, -0.2) is 4.98 Å². The molecule has 2 atom stereocenters. The molecule has 1 aromatic heterocycles. The van der Waals surface area contributed by atoms with Gasteiger partial charge in [-0.1, -0.05) is 18.2 Å². The van der Waals surface area contributed by atoms with Crippen LogP contribution in [0.1, 0.15) is 58.4 Å². The number of aliphatic imine (C=N–C) groups is 1. The van der Waals surface area contributed by atoms with Crippen LogP contribution in [0.25, 0.3) is 10.9 Å². The topological polar surface area (TPSA) is 62.6 Å². The van der Waals surface area contributed by atoms with Gasteiger partial charge in [0.2, 0.25) is 0 Å². The van der Waals surface area contributed by atoms with E-state index < -0.39 is 5.92 Å². The molecule has 2 aliphatic rings. The number of hydrogen-bond donors (Lipinski definition) is 0. The summed E-state index contributed by atoms with van der Waals surface area (Å²) in [6.45, 7) is 8.84. The highest BCUT2D eigenvalue weighted by atomic mass is 16.1. The van der Waals surface area contributed by atoms with Crippen LogP contribution in [0.2, 0.25) is 0 Å². The number of Topliss-reactive ketones (excluding diaryl/α,β-unsaturated/α-hetero) is 2. The summed E-state index contributed by atoms with van der Waals surface area (Å²) < 4.78 is 0. The van der Waals surface area contributed by atoms with Crippen molar-refractivity contribution >= 4 is 34.0 Å². The van der Waals surface area contributed by atoms with Crippen LogP contribution >= 0.6 is 0 Å². The molecule has 0 spiro atoms.